The van der Waals surface area contributed by atoms with E-state index in [0.29, 0.717) is 31.3 Å². The van der Waals surface area contributed by atoms with Gasteiger partial charge in [-0.15, -0.1) is 0 Å². The molecule has 2 unspecified atom stereocenters. The van der Waals surface area contributed by atoms with E-state index in [1.165, 1.54) is 0 Å². The molecule has 0 aliphatic heterocycles. The highest BCUT2D eigenvalue weighted by molar-refractivity contribution is 5.91. The molecule has 0 heterocycles. The van der Waals surface area contributed by atoms with Gasteiger partial charge in [0.25, 0.3) is 0 Å². The summed E-state index contributed by atoms with van der Waals surface area (Å²) in [6.45, 7) is 10.3. The fraction of sp³-hybridized carbons (Fsp3) is 0.923. The summed E-state index contributed by atoms with van der Waals surface area (Å²) >= 11 is 0. The van der Waals surface area contributed by atoms with Crippen LogP contribution in [0.2, 0.25) is 0 Å². The summed E-state index contributed by atoms with van der Waals surface area (Å²) in [4.78, 5) is 11.5. The molecule has 2 atom stereocenters. The largest absolute Gasteiger partial charge is 0.379 e. The fourth-order valence-electron chi connectivity index (χ4n) is 1.91. The number of carbonyl (C=O) groups is 1. The molecule has 94 valence electrons. The molecule has 1 saturated carbocycles. The van der Waals surface area contributed by atoms with Crippen molar-refractivity contribution in [2.75, 3.05) is 19.8 Å². The molecule has 0 bridgehead atoms. The summed E-state index contributed by atoms with van der Waals surface area (Å²) in [5.41, 5.74) is -0.238. The molecule has 16 heavy (non-hydrogen) atoms. The third-order valence-electron chi connectivity index (χ3n) is 3.45. The van der Waals surface area contributed by atoms with E-state index in [4.69, 9.17) is 9.47 Å². The highest BCUT2D eigenvalue weighted by Gasteiger charge is 2.50. The normalized spacial score (nSPS) is 29.6. The maximum atomic E-state index is 11.5. The molecule has 0 aromatic carbocycles. The molecule has 0 N–H and O–H groups in total. The van der Waals surface area contributed by atoms with Crippen LogP contribution in [0.15, 0.2) is 0 Å². The maximum Gasteiger partial charge on any atom is 0.143 e. The average molecular weight is 228 g/mol. The van der Waals surface area contributed by atoms with Gasteiger partial charge in [0.05, 0.1) is 24.7 Å². The topological polar surface area (TPSA) is 35.5 Å². The third kappa shape index (κ3) is 3.05. The van der Waals surface area contributed by atoms with Crippen molar-refractivity contribution in [2.24, 2.45) is 11.3 Å². The smallest absolute Gasteiger partial charge is 0.143 e. The first-order valence-corrected chi connectivity index (χ1v) is 6.23. The van der Waals surface area contributed by atoms with Crippen LogP contribution in [-0.4, -0.2) is 31.7 Å². The van der Waals surface area contributed by atoms with Crippen LogP contribution in [0.1, 0.15) is 40.5 Å². The van der Waals surface area contributed by atoms with Gasteiger partial charge in [-0.2, -0.15) is 0 Å². The van der Waals surface area contributed by atoms with Crippen molar-refractivity contribution in [3.05, 3.63) is 0 Å². The van der Waals surface area contributed by atoms with Crippen LogP contribution >= 0.6 is 0 Å². The van der Waals surface area contributed by atoms with Crippen molar-refractivity contribution in [1.29, 1.82) is 0 Å². The van der Waals surface area contributed by atoms with Gasteiger partial charge in [0.1, 0.15) is 5.78 Å². The molecule has 0 aromatic rings. The number of carbonyl (C=O) groups excluding carboxylic acids is 1. The molecular weight excluding hydrogens is 204 g/mol. The molecule has 0 amide bonds. The van der Waals surface area contributed by atoms with Gasteiger partial charge in [0.15, 0.2) is 0 Å². The summed E-state index contributed by atoms with van der Waals surface area (Å²) in [6, 6.07) is 0. The van der Waals surface area contributed by atoms with Crippen LogP contribution in [0.5, 0.6) is 0 Å². The van der Waals surface area contributed by atoms with Crippen molar-refractivity contribution in [3.63, 3.8) is 0 Å². The maximum absolute atomic E-state index is 11.5. The lowest BCUT2D eigenvalue weighted by atomic mass is 9.64. The van der Waals surface area contributed by atoms with Crippen LogP contribution in [-0.2, 0) is 14.3 Å². The van der Waals surface area contributed by atoms with E-state index in [-0.39, 0.29) is 11.5 Å². The van der Waals surface area contributed by atoms with Crippen LogP contribution in [0, 0.1) is 11.3 Å². The molecule has 1 aliphatic rings. The second-order valence-corrected chi connectivity index (χ2v) is 5.23. The predicted octanol–water partition coefficient (Wildman–Crippen LogP) is 2.43. The Morgan fingerprint density at radius 3 is 2.62 bits per heavy atom. The SMILES string of the molecule is CCC1(C)C(=O)CC1OCCOCC(C)C. The van der Waals surface area contributed by atoms with Gasteiger partial charge in [-0.3, -0.25) is 4.79 Å². The second kappa shape index (κ2) is 5.78. The summed E-state index contributed by atoms with van der Waals surface area (Å²) in [6.07, 6.45) is 1.55. The first-order chi connectivity index (χ1) is 7.50. The average Bonchev–Trinajstić information content (AvgIpc) is 2.25. The van der Waals surface area contributed by atoms with Gasteiger partial charge < -0.3 is 9.47 Å². The van der Waals surface area contributed by atoms with Crippen LogP contribution in [0.25, 0.3) is 0 Å². The van der Waals surface area contributed by atoms with Crippen molar-refractivity contribution in [3.8, 4) is 0 Å². The molecule has 0 spiro atoms. The molecule has 1 rings (SSSR count). The first kappa shape index (κ1) is 13.7. The standard InChI is InChI=1S/C13H24O3/c1-5-13(4)11(14)8-12(13)16-7-6-15-9-10(2)3/h10,12H,5-9H2,1-4H3. The summed E-state index contributed by atoms with van der Waals surface area (Å²) in [5.74, 6) is 0.897. The number of Topliss-reactive ketones (excluding diaryl/α,β-unsaturated/α-hetero) is 1. The molecular formula is C13H24O3. The molecule has 3 heteroatoms. The Labute approximate surface area is 98.5 Å². The van der Waals surface area contributed by atoms with Crippen molar-refractivity contribution in [2.45, 2.75) is 46.6 Å². The van der Waals surface area contributed by atoms with Crippen molar-refractivity contribution in [1.82, 2.24) is 0 Å². The monoisotopic (exact) mass is 228 g/mol. The van der Waals surface area contributed by atoms with Crippen molar-refractivity contribution < 1.29 is 14.3 Å². The van der Waals surface area contributed by atoms with Crippen LogP contribution < -0.4 is 0 Å². The zero-order valence-corrected chi connectivity index (χ0v) is 10.9. The second-order valence-electron chi connectivity index (χ2n) is 5.23. The highest BCUT2D eigenvalue weighted by Crippen LogP contribution is 2.42. The number of ketones is 1. The summed E-state index contributed by atoms with van der Waals surface area (Å²) in [5, 5.41) is 0. The molecule has 1 fully saturated rings. The summed E-state index contributed by atoms with van der Waals surface area (Å²) < 4.78 is 11.1. The van der Waals surface area contributed by atoms with Gasteiger partial charge >= 0.3 is 0 Å². The van der Waals surface area contributed by atoms with Gasteiger partial charge in [0, 0.05) is 13.0 Å². The highest BCUT2D eigenvalue weighted by atomic mass is 16.5. The third-order valence-corrected chi connectivity index (χ3v) is 3.45. The minimum atomic E-state index is -0.238. The number of hydrogen-bond donors (Lipinski definition) is 0. The lowest BCUT2D eigenvalue weighted by Crippen LogP contribution is -2.53. The Bertz CT molecular complexity index is 237. The predicted molar refractivity (Wildman–Crippen MR) is 63.4 cm³/mol. The van der Waals surface area contributed by atoms with E-state index < -0.39 is 0 Å². The van der Waals surface area contributed by atoms with E-state index in [1.54, 1.807) is 0 Å². The van der Waals surface area contributed by atoms with E-state index in [2.05, 4.69) is 13.8 Å². The van der Waals surface area contributed by atoms with Crippen LogP contribution in [0.3, 0.4) is 0 Å². The Hall–Kier alpha value is -0.410. The lowest BCUT2D eigenvalue weighted by molar-refractivity contribution is -0.163. The zero-order chi connectivity index (χ0) is 12.2. The Kier molecular flexibility index (Phi) is 4.93. The minimum absolute atomic E-state index is 0.104. The van der Waals surface area contributed by atoms with Crippen LogP contribution in [0.4, 0.5) is 0 Å². The molecule has 0 aromatic heterocycles. The fourth-order valence-corrected chi connectivity index (χ4v) is 1.91. The first-order valence-electron chi connectivity index (χ1n) is 6.23. The molecule has 1 aliphatic carbocycles. The molecule has 3 nitrogen and oxygen atoms in total. The Morgan fingerprint density at radius 1 is 1.44 bits per heavy atom. The van der Waals surface area contributed by atoms with E-state index in [9.17, 15) is 4.79 Å². The Morgan fingerprint density at radius 2 is 2.12 bits per heavy atom. The van der Waals surface area contributed by atoms with E-state index in [1.807, 2.05) is 13.8 Å². The van der Waals surface area contributed by atoms with E-state index in [0.717, 1.165) is 13.0 Å². The van der Waals surface area contributed by atoms with Crippen molar-refractivity contribution >= 4 is 5.78 Å². The quantitative estimate of drug-likeness (QED) is 0.628. The van der Waals surface area contributed by atoms with Gasteiger partial charge in [-0.1, -0.05) is 27.7 Å². The van der Waals surface area contributed by atoms with Gasteiger partial charge in [0.2, 0.25) is 0 Å². The molecule has 0 radical (unpaired) electrons. The molecule has 0 saturated heterocycles. The number of ether oxygens (including phenoxy) is 2. The van der Waals surface area contributed by atoms with Gasteiger partial charge in [-0.05, 0) is 12.3 Å². The number of rotatable bonds is 7. The van der Waals surface area contributed by atoms with E-state index >= 15 is 0 Å². The zero-order valence-electron chi connectivity index (χ0n) is 10.9. The minimum Gasteiger partial charge on any atom is -0.379 e. The Balaban J connectivity index is 2.13. The lowest BCUT2D eigenvalue weighted by Gasteiger charge is -2.44. The van der Waals surface area contributed by atoms with Gasteiger partial charge in [-0.25, -0.2) is 0 Å². The summed E-state index contributed by atoms with van der Waals surface area (Å²) in [7, 11) is 0. The number of hydrogen-bond acceptors (Lipinski definition) is 3.